The van der Waals surface area contributed by atoms with Crippen molar-refractivity contribution in [2.45, 2.75) is 83.3 Å². The van der Waals surface area contributed by atoms with E-state index in [0.29, 0.717) is 30.6 Å². The molecule has 0 radical (unpaired) electrons. The second-order valence-corrected chi connectivity index (χ2v) is 10.3. The Bertz CT molecular complexity index is 1010. The average molecular weight is 478 g/mol. The maximum absolute atomic E-state index is 13.3. The molecular formula is C28H39N5O2. The number of carbonyl (C=O) groups excluding carboxylic acids is 2. The molecule has 3 N–H and O–H groups in total. The van der Waals surface area contributed by atoms with Crippen molar-refractivity contribution in [2.75, 3.05) is 6.54 Å². The van der Waals surface area contributed by atoms with Gasteiger partial charge in [-0.25, -0.2) is 4.98 Å². The Morgan fingerprint density at radius 1 is 1.17 bits per heavy atom. The van der Waals surface area contributed by atoms with Crippen LogP contribution >= 0.6 is 0 Å². The van der Waals surface area contributed by atoms with Crippen molar-refractivity contribution < 1.29 is 9.59 Å². The van der Waals surface area contributed by atoms with Gasteiger partial charge in [0.2, 0.25) is 11.8 Å². The van der Waals surface area contributed by atoms with Crippen molar-refractivity contribution in [3.05, 3.63) is 65.9 Å². The lowest BCUT2D eigenvalue weighted by atomic mass is 10.0. The predicted molar refractivity (Wildman–Crippen MR) is 137 cm³/mol. The van der Waals surface area contributed by atoms with Crippen LogP contribution in [-0.4, -0.2) is 45.3 Å². The van der Waals surface area contributed by atoms with Gasteiger partial charge in [-0.2, -0.15) is 0 Å². The van der Waals surface area contributed by atoms with E-state index in [0.717, 1.165) is 50.0 Å². The quantitative estimate of drug-likeness (QED) is 0.452. The van der Waals surface area contributed by atoms with Crippen molar-refractivity contribution in [3.8, 4) is 0 Å². The Hall–Kier alpha value is -3.09. The molecule has 2 aliphatic rings. The van der Waals surface area contributed by atoms with E-state index in [-0.39, 0.29) is 17.9 Å². The molecule has 7 heteroatoms. The smallest absolute Gasteiger partial charge is 0.243 e. The van der Waals surface area contributed by atoms with Gasteiger partial charge in [-0.1, -0.05) is 36.9 Å². The van der Waals surface area contributed by atoms with Crippen molar-refractivity contribution in [1.82, 2.24) is 25.5 Å². The summed E-state index contributed by atoms with van der Waals surface area (Å²) in [5, 5.41) is 6.06. The fraction of sp³-hybridized carbons (Fsp3) is 0.536. The third kappa shape index (κ3) is 7.20. The van der Waals surface area contributed by atoms with Crippen LogP contribution in [0.1, 0.15) is 81.9 Å². The molecule has 0 spiro atoms. The fourth-order valence-electron chi connectivity index (χ4n) is 4.85. The number of H-pyrrole nitrogens is 1. The molecule has 1 aliphatic carbocycles. The van der Waals surface area contributed by atoms with Crippen LogP contribution in [0.15, 0.2) is 48.8 Å². The Morgan fingerprint density at radius 3 is 2.66 bits per heavy atom. The number of aromatic nitrogens is 2. The van der Waals surface area contributed by atoms with Gasteiger partial charge in [-0.15, -0.1) is 0 Å². The number of likely N-dealkylation sites (tertiary alicyclic amines) is 1. The van der Waals surface area contributed by atoms with Crippen LogP contribution in [0.5, 0.6) is 0 Å². The monoisotopic (exact) mass is 477 g/mol. The Balaban J connectivity index is 1.38. The maximum atomic E-state index is 13.3. The van der Waals surface area contributed by atoms with Crippen molar-refractivity contribution in [1.29, 1.82) is 0 Å². The van der Waals surface area contributed by atoms with Crippen LogP contribution in [0.2, 0.25) is 0 Å². The molecule has 7 nitrogen and oxygen atoms in total. The number of benzene rings is 1. The molecule has 4 rings (SSSR count). The summed E-state index contributed by atoms with van der Waals surface area (Å²) in [6.45, 7) is 9.36. The highest BCUT2D eigenvalue weighted by atomic mass is 16.2. The lowest BCUT2D eigenvalue weighted by molar-refractivity contribution is -0.129. The van der Waals surface area contributed by atoms with Gasteiger partial charge in [0.05, 0.1) is 6.04 Å². The highest BCUT2D eigenvalue weighted by Crippen LogP contribution is 2.32. The van der Waals surface area contributed by atoms with E-state index in [1.54, 1.807) is 0 Å². The van der Waals surface area contributed by atoms with Gasteiger partial charge < -0.3 is 20.5 Å². The number of carbonyl (C=O) groups is 2. The summed E-state index contributed by atoms with van der Waals surface area (Å²) in [6, 6.07) is 9.65. The molecule has 1 aromatic heterocycles. The van der Waals surface area contributed by atoms with Crippen molar-refractivity contribution in [2.24, 2.45) is 5.92 Å². The third-order valence-corrected chi connectivity index (χ3v) is 7.13. The van der Waals surface area contributed by atoms with Crippen LogP contribution in [0, 0.1) is 5.92 Å². The zero-order valence-electron chi connectivity index (χ0n) is 21.1. The zero-order chi connectivity index (χ0) is 24.8. The molecule has 2 heterocycles. The second-order valence-electron chi connectivity index (χ2n) is 10.3. The summed E-state index contributed by atoms with van der Waals surface area (Å²) in [5.74, 6) is 0.918. The molecule has 2 aromatic rings. The summed E-state index contributed by atoms with van der Waals surface area (Å²) in [6.07, 6.45) is 9.16. The van der Waals surface area contributed by atoms with Crippen LogP contribution in [0.4, 0.5) is 0 Å². The fourth-order valence-corrected chi connectivity index (χ4v) is 4.85. The number of imidazole rings is 1. The molecule has 188 valence electrons. The maximum Gasteiger partial charge on any atom is 0.243 e. The molecule has 35 heavy (non-hydrogen) atoms. The van der Waals surface area contributed by atoms with E-state index in [1.165, 1.54) is 12.0 Å². The van der Waals surface area contributed by atoms with E-state index in [1.807, 2.05) is 31.3 Å². The summed E-state index contributed by atoms with van der Waals surface area (Å²) in [4.78, 5) is 36.1. The first-order chi connectivity index (χ1) is 16.9. The number of hydrogen-bond donors (Lipinski definition) is 3. The molecule has 2 amide bonds. The minimum atomic E-state index is -0.649. The average Bonchev–Trinajstić information content (AvgIpc) is 3.53. The van der Waals surface area contributed by atoms with Gasteiger partial charge in [0.15, 0.2) is 0 Å². The number of nitrogens with one attached hydrogen (secondary N) is 3. The first-order valence-electron chi connectivity index (χ1n) is 13.0. The highest BCUT2D eigenvalue weighted by molar-refractivity contribution is 5.88. The van der Waals surface area contributed by atoms with Gasteiger partial charge >= 0.3 is 0 Å². The molecule has 3 atom stereocenters. The Labute approximate surface area is 208 Å². The van der Waals surface area contributed by atoms with Gasteiger partial charge in [0.25, 0.3) is 0 Å². The lowest BCUT2D eigenvalue weighted by Crippen LogP contribution is -2.49. The Morgan fingerprint density at radius 2 is 1.94 bits per heavy atom. The first kappa shape index (κ1) is 25.0. The molecule has 0 bridgehead atoms. The molecule has 2 fully saturated rings. The van der Waals surface area contributed by atoms with Crippen LogP contribution < -0.4 is 10.6 Å². The molecule has 1 saturated heterocycles. The number of piperidine rings is 1. The number of hydrogen-bond acceptors (Lipinski definition) is 4. The lowest BCUT2D eigenvalue weighted by Gasteiger charge is -2.37. The van der Waals surface area contributed by atoms with Gasteiger partial charge in [-0.05, 0) is 57.4 Å². The molecule has 1 aromatic carbocycles. The highest BCUT2D eigenvalue weighted by Gasteiger charge is 2.30. The van der Waals surface area contributed by atoms with E-state index >= 15 is 0 Å². The number of rotatable bonds is 11. The largest absolute Gasteiger partial charge is 0.373 e. The number of amides is 2. The SMILES string of the molecule is C=C(C[C@H](NC(=O)CC1CC1)C(=O)N[C@@H](C)c1ncc(Cc2ccccc2)[nH]1)N1CCCC[C@@H]1C. The minimum Gasteiger partial charge on any atom is -0.373 e. The summed E-state index contributed by atoms with van der Waals surface area (Å²) >= 11 is 0. The third-order valence-electron chi connectivity index (χ3n) is 7.13. The van der Waals surface area contributed by atoms with E-state index in [4.69, 9.17) is 0 Å². The van der Waals surface area contributed by atoms with Gasteiger partial charge in [0.1, 0.15) is 11.9 Å². The summed E-state index contributed by atoms with van der Waals surface area (Å²) in [7, 11) is 0. The van der Waals surface area contributed by atoms with Gasteiger partial charge in [0, 0.05) is 49.4 Å². The zero-order valence-corrected chi connectivity index (χ0v) is 21.1. The number of nitrogens with zero attached hydrogens (tertiary/aromatic N) is 2. The van der Waals surface area contributed by atoms with Crippen molar-refractivity contribution in [3.63, 3.8) is 0 Å². The summed E-state index contributed by atoms with van der Waals surface area (Å²) < 4.78 is 0. The normalized spacial score (nSPS) is 19.6. The molecule has 1 aliphatic heterocycles. The van der Waals surface area contributed by atoms with Gasteiger partial charge in [-0.3, -0.25) is 9.59 Å². The van der Waals surface area contributed by atoms with Crippen molar-refractivity contribution >= 4 is 11.8 Å². The van der Waals surface area contributed by atoms with Crippen LogP contribution in [0.3, 0.4) is 0 Å². The van der Waals surface area contributed by atoms with E-state index in [9.17, 15) is 9.59 Å². The van der Waals surface area contributed by atoms with E-state index in [2.05, 4.69) is 51.1 Å². The summed E-state index contributed by atoms with van der Waals surface area (Å²) in [5.41, 5.74) is 3.11. The molecule has 0 unspecified atom stereocenters. The molecular weight excluding hydrogens is 438 g/mol. The minimum absolute atomic E-state index is 0.0528. The number of aromatic amines is 1. The standard InChI is InChI=1S/C28H39N5O2/c1-19-9-7-8-14-33(19)20(2)15-25(32-26(34)17-23-12-13-23)28(35)30-21(3)27-29-18-24(31-27)16-22-10-5-4-6-11-22/h4-6,10-11,18-19,21,23,25H,2,7-9,12-17H2,1,3H3,(H,29,31)(H,30,35)(H,32,34)/t19-,21-,25-/m0/s1. The first-order valence-corrected chi connectivity index (χ1v) is 13.0. The van der Waals surface area contributed by atoms with Crippen LogP contribution in [-0.2, 0) is 16.0 Å². The second kappa shape index (κ2) is 11.6. The van der Waals surface area contributed by atoms with E-state index < -0.39 is 6.04 Å². The predicted octanol–water partition coefficient (Wildman–Crippen LogP) is 4.24. The topological polar surface area (TPSA) is 90.1 Å². The molecule has 1 saturated carbocycles. The van der Waals surface area contributed by atoms with Crippen LogP contribution in [0.25, 0.3) is 0 Å². The Kier molecular flexibility index (Phi) is 8.26.